The summed E-state index contributed by atoms with van der Waals surface area (Å²) in [4.78, 5) is 25.6. The SMILES string of the molecule is O=C(NC1CCN(C(=O)C(F)(F)C2(O)CCC2)CC1)C1CCCCC1. The van der Waals surface area contributed by atoms with E-state index in [2.05, 4.69) is 5.32 Å². The molecule has 5 nitrogen and oxygen atoms in total. The van der Waals surface area contributed by atoms with Crippen molar-refractivity contribution in [3.8, 4) is 0 Å². The van der Waals surface area contributed by atoms with Gasteiger partial charge in [-0.15, -0.1) is 0 Å². The number of piperidine rings is 1. The molecule has 1 heterocycles. The largest absolute Gasteiger partial charge is 0.383 e. The average Bonchev–Trinajstić information content (AvgIpc) is 2.60. The third-order valence-corrected chi connectivity index (χ3v) is 6.14. The molecule has 3 rings (SSSR count). The Kier molecular flexibility index (Phi) is 5.32. The quantitative estimate of drug-likeness (QED) is 0.810. The van der Waals surface area contributed by atoms with E-state index in [1.165, 1.54) is 6.42 Å². The van der Waals surface area contributed by atoms with Crippen LogP contribution >= 0.6 is 0 Å². The van der Waals surface area contributed by atoms with Gasteiger partial charge in [0.15, 0.2) is 0 Å². The molecule has 0 bridgehead atoms. The first kappa shape index (κ1) is 18.5. The first-order valence-electron chi connectivity index (χ1n) is 9.53. The Bertz CT molecular complexity index is 508. The van der Waals surface area contributed by atoms with E-state index >= 15 is 0 Å². The Hall–Kier alpha value is -1.24. The molecule has 2 amide bonds. The van der Waals surface area contributed by atoms with Gasteiger partial charge in [-0.05, 0) is 44.9 Å². The smallest absolute Gasteiger partial charge is 0.352 e. The molecule has 0 aromatic heterocycles. The van der Waals surface area contributed by atoms with E-state index < -0.39 is 17.4 Å². The van der Waals surface area contributed by atoms with Gasteiger partial charge in [0, 0.05) is 25.0 Å². The molecule has 3 aliphatic rings. The van der Waals surface area contributed by atoms with Crippen LogP contribution in [-0.4, -0.2) is 52.5 Å². The summed E-state index contributed by atoms with van der Waals surface area (Å²) < 4.78 is 28.5. The maximum absolute atomic E-state index is 14.3. The minimum Gasteiger partial charge on any atom is -0.383 e. The molecule has 0 aromatic rings. The number of rotatable bonds is 4. The van der Waals surface area contributed by atoms with Crippen LogP contribution in [0.4, 0.5) is 8.78 Å². The van der Waals surface area contributed by atoms with Crippen LogP contribution in [-0.2, 0) is 9.59 Å². The van der Waals surface area contributed by atoms with E-state index in [1.54, 1.807) is 0 Å². The number of amides is 2. The monoisotopic (exact) mass is 358 g/mol. The summed E-state index contributed by atoms with van der Waals surface area (Å²) in [6.07, 6.45) is 6.64. The molecule has 1 aliphatic heterocycles. The number of hydrogen-bond donors (Lipinski definition) is 2. The highest BCUT2D eigenvalue weighted by Gasteiger charge is 2.62. The Balaban J connectivity index is 1.48. The lowest BCUT2D eigenvalue weighted by atomic mass is 9.75. The van der Waals surface area contributed by atoms with Gasteiger partial charge in [-0.25, -0.2) is 0 Å². The number of aliphatic hydroxyl groups is 1. The molecule has 2 N–H and O–H groups in total. The van der Waals surface area contributed by atoms with Gasteiger partial charge in [-0.1, -0.05) is 19.3 Å². The molecule has 1 saturated heterocycles. The van der Waals surface area contributed by atoms with Gasteiger partial charge < -0.3 is 15.3 Å². The van der Waals surface area contributed by atoms with Gasteiger partial charge in [0.1, 0.15) is 5.60 Å². The van der Waals surface area contributed by atoms with E-state index in [0.29, 0.717) is 19.3 Å². The van der Waals surface area contributed by atoms with Gasteiger partial charge >= 0.3 is 5.92 Å². The Morgan fingerprint density at radius 3 is 2.12 bits per heavy atom. The third-order valence-electron chi connectivity index (χ3n) is 6.14. The maximum atomic E-state index is 14.3. The van der Waals surface area contributed by atoms with Crippen molar-refractivity contribution in [2.75, 3.05) is 13.1 Å². The molecule has 0 radical (unpaired) electrons. The lowest BCUT2D eigenvalue weighted by Gasteiger charge is -2.44. The zero-order valence-electron chi connectivity index (χ0n) is 14.6. The summed E-state index contributed by atoms with van der Waals surface area (Å²) in [5, 5.41) is 12.9. The molecular formula is C18H28F2N2O3. The molecule has 0 unspecified atom stereocenters. The minimum atomic E-state index is -3.72. The Morgan fingerprint density at radius 1 is 1.00 bits per heavy atom. The summed E-state index contributed by atoms with van der Waals surface area (Å²) in [5.74, 6) is -4.85. The molecule has 2 aliphatic carbocycles. The summed E-state index contributed by atoms with van der Waals surface area (Å²) in [5.41, 5.74) is -2.17. The molecule has 0 atom stereocenters. The zero-order chi connectivity index (χ0) is 18.1. The fraction of sp³-hybridized carbons (Fsp3) is 0.889. The lowest BCUT2D eigenvalue weighted by molar-refractivity contribution is -0.224. The van der Waals surface area contributed by atoms with Crippen LogP contribution in [0.5, 0.6) is 0 Å². The second-order valence-electron chi connectivity index (χ2n) is 7.87. The molecular weight excluding hydrogens is 330 g/mol. The highest BCUT2D eigenvalue weighted by molar-refractivity contribution is 5.85. The first-order chi connectivity index (χ1) is 11.8. The molecule has 2 saturated carbocycles. The minimum absolute atomic E-state index is 0.0281. The highest BCUT2D eigenvalue weighted by Crippen LogP contribution is 2.45. The predicted octanol–water partition coefficient (Wildman–Crippen LogP) is 2.22. The summed E-state index contributed by atoms with van der Waals surface area (Å²) in [7, 11) is 0. The van der Waals surface area contributed by atoms with Crippen LogP contribution in [0.3, 0.4) is 0 Å². The molecule has 0 spiro atoms. The Labute approximate surface area is 147 Å². The number of carbonyl (C=O) groups is 2. The van der Waals surface area contributed by atoms with Crippen molar-refractivity contribution in [3.63, 3.8) is 0 Å². The fourth-order valence-corrected chi connectivity index (χ4v) is 4.13. The van der Waals surface area contributed by atoms with E-state index in [9.17, 15) is 23.5 Å². The molecule has 3 fully saturated rings. The van der Waals surface area contributed by atoms with Crippen LogP contribution in [0.15, 0.2) is 0 Å². The summed E-state index contributed by atoms with van der Waals surface area (Å²) in [6.45, 7) is 0.389. The van der Waals surface area contributed by atoms with Gasteiger partial charge in [-0.3, -0.25) is 9.59 Å². The van der Waals surface area contributed by atoms with Crippen molar-refractivity contribution in [2.45, 2.75) is 81.8 Å². The topological polar surface area (TPSA) is 69.6 Å². The predicted molar refractivity (Wildman–Crippen MR) is 88.1 cm³/mol. The zero-order valence-corrected chi connectivity index (χ0v) is 14.6. The normalized spacial score (nSPS) is 25.3. The third kappa shape index (κ3) is 3.66. The number of nitrogens with zero attached hydrogens (tertiary/aromatic N) is 1. The number of alkyl halides is 2. The average molecular weight is 358 g/mol. The highest BCUT2D eigenvalue weighted by atomic mass is 19.3. The standard InChI is InChI=1S/C18H28F2N2O3/c19-18(20,17(25)9-4-10-17)16(24)22-11-7-14(8-12-22)21-15(23)13-5-2-1-3-6-13/h13-14,25H,1-12H2,(H,21,23). The first-order valence-corrected chi connectivity index (χ1v) is 9.53. The van der Waals surface area contributed by atoms with Crippen LogP contribution in [0.25, 0.3) is 0 Å². The van der Waals surface area contributed by atoms with E-state index in [1.807, 2.05) is 0 Å². The van der Waals surface area contributed by atoms with E-state index in [0.717, 1.165) is 30.6 Å². The second-order valence-corrected chi connectivity index (χ2v) is 7.87. The van der Waals surface area contributed by atoms with Gasteiger partial charge in [0.05, 0.1) is 0 Å². The van der Waals surface area contributed by atoms with Crippen molar-refractivity contribution in [2.24, 2.45) is 5.92 Å². The van der Waals surface area contributed by atoms with E-state index in [-0.39, 0.29) is 43.8 Å². The Morgan fingerprint density at radius 2 is 1.60 bits per heavy atom. The lowest BCUT2D eigenvalue weighted by Crippen LogP contribution is -2.62. The van der Waals surface area contributed by atoms with Crippen molar-refractivity contribution in [1.29, 1.82) is 0 Å². The van der Waals surface area contributed by atoms with E-state index in [4.69, 9.17) is 0 Å². The van der Waals surface area contributed by atoms with Crippen molar-refractivity contribution < 1.29 is 23.5 Å². The maximum Gasteiger partial charge on any atom is 0.352 e. The number of carbonyl (C=O) groups excluding carboxylic acids is 2. The van der Waals surface area contributed by atoms with Crippen LogP contribution in [0.2, 0.25) is 0 Å². The molecule has 142 valence electrons. The number of halogens is 2. The summed E-state index contributed by atoms with van der Waals surface area (Å²) in [6, 6.07) is -0.0566. The number of hydrogen-bond acceptors (Lipinski definition) is 3. The summed E-state index contributed by atoms with van der Waals surface area (Å²) >= 11 is 0. The van der Waals surface area contributed by atoms with Gasteiger partial charge in [0.25, 0.3) is 5.91 Å². The van der Waals surface area contributed by atoms with Crippen LogP contribution < -0.4 is 5.32 Å². The fourth-order valence-electron chi connectivity index (χ4n) is 4.13. The molecule has 7 heteroatoms. The molecule has 0 aromatic carbocycles. The van der Waals surface area contributed by atoms with Gasteiger partial charge in [-0.2, -0.15) is 8.78 Å². The second kappa shape index (κ2) is 7.17. The van der Waals surface area contributed by atoms with Crippen molar-refractivity contribution in [3.05, 3.63) is 0 Å². The van der Waals surface area contributed by atoms with Crippen LogP contribution in [0, 0.1) is 5.92 Å². The van der Waals surface area contributed by atoms with Crippen LogP contribution in [0.1, 0.15) is 64.2 Å². The van der Waals surface area contributed by atoms with Gasteiger partial charge in [0.2, 0.25) is 5.91 Å². The number of nitrogens with one attached hydrogen (secondary N) is 1. The molecule has 25 heavy (non-hydrogen) atoms. The van der Waals surface area contributed by atoms with Crippen molar-refractivity contribution >= 4 is 11.8 Å². The van der Waals surface area contributed by atoms with Crippen molar-refractivity contribution in [1.82, 2.24) is 10.2 Å². The number of likely N-dealkylation sites (tertiary alicyclic amines) is 1.